The predicted molar refractivity (Wildman–Crippen MR) is 93.2 cm³/mol. The maximum Gasteiger partial charge on any atom is 0.348 e. The van der Waals surface area contributed by atoms with Crippen molar-refractivity contribution in [1.29, 1.82) is 5.26 Å². The first-order valence-corrected chi connectivity index (χ1v) is 8.01. The Bertz CT molecular complexity index is 796. The molecule has 2 rings (SSSR count). The number of esters is 1. The lowest BCUT2D eigenvalue weighted by atomic mass is 10.1. The smallest absolute Gasteiger partial charge is 0.348 e. The van der Waals surface area contributed by atoms with Crippen LogP contribution in [0.3, 0.4) is 0 Å². The molecule has 2 aromatic rings. The quantitative estimate of drug-likeness (QED) is 0.456. The van der Waals surface area contributed by atoms with E-state index < -0.39 is 5.97 Å². The summed E-state index contributed by atoms with van der Waals surface area (Å²) in [6.07, 6.45) is 1.58. The average molecular weight is 373 g/mol. The van der Waals surface area contributed by atoms with Gasteiger partial charge in [-0.1, -0.05) is 15.9 Å². The predicted octanol–water partition coefficient (Wildman–Crippen LogP) is 4.33. The number of nitriles is 1. The fraction of sp³-hybridized carbons (Fsp3) is 0.222. The normalized spacial score (nSPS) is 11.2. The van der Waals surface area contributed by atoms with E-state index in [0.717, 1.165) is 27.1 Å². The van der Waals surface area contributed by atoms with Gasteiger partial charge in [0.15, 0.2) is 0 Å². The van der Waals surface area contributed by atoms with Crippen LogP contribution in [0.2, 0.25) is 0 Å². The SMILES string of the molecule is CCOC(=O)C(C#N)=Cc1cc(C)n(-c2ccc(Br)cc2)c1C. The summed E-state index contributed by atoms with van der Waals surface area (Å²) in [6.45, 7) is 5.91. The van der Waals surface area contributed by atoms with E-state index in [2.05, 4.69) is 20.5 Å². The van der Waals surface area contributed by atoms with E-state index in [1.165, 1.54) is 0 Å². The Morgan fingerprint density at radius 3 is 2.57 bits per heavy atom. The van der Waals surface area contributed by atoms with Crippen LogP contribution in [0.25, 0.3) is 11.8 Å². The molecule has 0 aliphatic rings. The molecule has 1 aromatic heterocycles. The summed E-state index contributed by atoms with van der Waals surface area (Å²) in [4.78, 5) is 11.8. The zero-order valence-electron chi connectivity index (χ0n) is 13.3. The van der Waals surface area contributed by atoms with Gasteiger partial charge >= 0.3 is 5.97 Å². The Kier molecular flexibility index (Phi) is 5.41. The van der Waals surface area contributed by atoms with Crippen LogP contribution in [0.4, 0.5) is 0 Å². The highest BCUT2D eigenvalue weighted by Gasteiger charge is 2.14. The van der Waals surface area contributed by atoms with Gasteiger partial charge in [0.2, 0.25) is 0 Å². The molecule has 0 bridgehead atoms. The van der Waals surface area contributed by atoms with Gasteiger partial charge in [-0.15, -0.1) is 0 Å². The van der Waals surface area contributed by atoms with Crippen molar-refractivity contribution >= 4 is 28.0 Å². The van der Waals surface area contributed by atoms with Crippen molar-refractivity contribution in [3.8, 4) is 11.8 Å². The van der Waals surface area contributed by atoms with Gasteiger partial charge in [-0.05, 0) is 62.7 Å². The van der Waals surface area contributed by atoms with Gasteiger partial charge in [0.05, 0.1) is 6.61 Å². The van der Waals surface area contributed by atoms with Crippen molar-refractivity contribution in [1.82, 2.24) is 4.57 Å². The van der Waals surface area contributed by atoms with Crippen LogP contribution in [0.5, 0.6) is 0 Å². The van der Waals surface area contributed by atoms with Crippen LogP contribution in [-0.4, -0.2) is 17.1 Å². The van der Waals surface area contributed by atoms with Crippen LogP contribution in [0.15, 0.2) is 40.4 Å². The molecule has 0 saturated carbocycles. The molecule has 1 aromatic carbocycles. The second-order valence-electron chi connectivity index (χ2n) is 5.03. The molecule has 118 valence electrons. The number of rotatable bonds is 4. The highest BCUT2D eigenvalue weighted by atomic mass is 79.9. The summed E-state index contributed by atoms with van der Waals surface area (Å²) >= 11 is 3.43. The van der Waals surface area contributed by atoms with E-state index >= 15 is 0 Å². The van der Waals surface area contributed by atoms with Gasteiger partial charge < -0.3 is 9.30 Å². The summed E-state index contributed by atoms with van der Waals surface area (Å²) < 4.78 is 7.99. The van der Waals surface area contributed by atoms with Crippen LogP contribution >= 0.6 is 15.9 Å². The summed E-state index contributed by atoms with van der Waals surface area (Å²) in [6, 6.07) is 11.8. The molecule has 0 amide bonds. The number of halogens is 1. The minimum absolute atomic E-state index is 0.00269. The average Bonchev–Trinajstić information content (AvgIpc) is 2.80. The van der Waals surface area contributed by atoms with Gasteiger partial charge in [0.1, 0.15) is 11.6 Å². The van der Waals surface area contributed by atoms with Crippen molar-refractivity contribution in [2.24, 2.45) is 0 Å². The number of aromatic nitrogens is 1. The molecule has 0 N–H and O–H groups in total. The third-order valence-electron chi connectivity index (χ3n) is 3.47. The number of aryl methyl sites for hydroxylation is 1. The van der Waals surface area contributed by atoms with Crippen molar-refractivity contribution in [3.05, 3.63) is 57.3 Å². The standard InChI is InChI=1S/C18H17BrN2O2/c1-4-23-18(22)15(11-20)10-14-9-12(2)21(13(14)3)17-7-5-16(19)6-8-17/h5-10H,4H2,1-3H3. The maximum absolute atomic E-state index is 11.8. The molecule has 0 saturated heterocycles. The van der Waals surface area contributed by atoms with E-state index in [1.54, 1.807) is 13.0 Å². The van der Waals surface area contributed by atoms with Gasteiger partial charge in [-0.25, -0.2) is 4.79 Å². The van der Waals surface area contributed by atoms with Crippen molar-refractivity contribution in [2.45, 2.75) is 20.8 Å². The van der Waals surface area contributed by atoms with Crippen LogP contribution < -0.4 is 0 Å². The molecule has 0 aliphatic heterocycles. The summed E-state index contributed by atoms with van der Waals surface area (Å²) in [5.41, 5.74) is 3.84. The van der Waals surface area contributed by atoms with Crippen molar-refractivity contribution in [3.63, 3.8) is 0 Å². The van der Waals surface area contributed by atoms with Crippen LogP contribution in [0.1, 0.15) is 23.9 Å². The van der Waals surface area contributed by atoms with Gasteiger partial charge in [0.25, 0.3) is 0 Å². The zero-order chi connectivity index (χ0) is 17.0. The van der Waals surface area contributed by atoms with Gasteiger partial charge in [-0.3, -0.25) is 0 Å². The van der Waals surface area contributed by atoms with E-state index in [9.17, 15) is 4.79 Å². The Balaban J connectivity index is 2.47. The summed E-state index contributed by atoms with van der Waals surface area (Å²) in [5.74, 6) is -0.594. The molecule has 23 heavy (non-hydrogen) atoms. The molecule has 0 radical (unpaired) electrons. The van der Waals surface area contributed by atoms with E-state index in [4.69, 9.17) is 10.00 Å². The Hall–Kier alpha value is -2.32. The molecular formula is C18H17BrN2O2. The van der Waals surface area contributed by atoms with E-state index in [0.29, 0.717) is 0 Å². The zero-order valence-corrected chi connectivity index (χ0v) is 14.8. The molecule has 0 aliphatic carbocycles. The van der Waals surface area contributed by atoms with Crippen molar-refractivity contribution < 1.29 is 9.53 Å². The highest BCUT2D eigenvalue weighted by Crippen LogP contribution is 2.24. The third kappa shape index (κ3) is 3.72. The Morgan fingerprint density at radius 1 is 1.35 bits per heavy atom. The number of carbonyl (C=O) groups is 1. The first kappa shape index (κ1) is 17.0. The molecule has 4 nitrogen and oxygen atoms in total. The fourth-order valence-electron chi connectivity index (χ4n) is 2.42. The molecule has 0 fully saturated rings. The number of nitrogens with zero attached hydrogens (tertiary/aromatic N) is 2. The molecule has 0 spiro atoms. The lowest BCUT2D eigenvalue weighted by Gasteiger charge is -2.09. The number of ether oxygens (including phenoxy) is 1. The first-order valence-electron chi connectivity index (χ1n) is 7.21. The maximum atomic E-state index is 11.8. The van der Waals surface area contributed by atoms with E-state index in [-0.39, 0.29) is 12.2 Å². The Morgan fingerprint density at radius 2 is 2.00 bits per heavy atom. The lowest BCUT2D eigenvalue weighted by molar-refractivity contribution is -0.137. The lowest BCUT2D eigenvalue weighted by Crippen LogP contribution is -2.06. The second-order valence-corrected chi connectivity index (χ2v) is 5.94. The Labute approximate surface area is 144 Å². The molecular weight excluding hydrogens is 356 g/mol. The van der Waals surface area contributed by atoms with Crippen LogP contribution in [-0.2, 0) is 9.53 Å². The third-order valence-corrected chi connectivity index (χ3v) is 4.00. The van der Waals surface area contributed by atoms with Crippen LogP contribution in [0, 0.1) is 25.2 Å². The topological polar surface area (TPSA) is 55.0 Å². The number of carbonyl (C=O) groups excluding carboxylic acids is 1. The summed E-state index contributed by atoms with van der Waals surface area (Å²) in [5, 5.41) is 9.17. The minimum atomic E-state index is -0.594. The molecule has 0 unspecified atom stereocenters. The minimum Gasteiger partial charge on any atom is -0.462 e. The number of hydrogen-bond donors (Lipinski definition) is 0. The number of benzene rings is 1. The monoisotopic (exact) mass is 372 g/mol. The second kappa shape index (κ2) is 7.30. The van der Waals surface area contributed by atoms with Crippen molar-refractivity contribution in [2.75, 3.05) is 6.61 Å². The van der Waals surface area contributed by atoms with E-state index in [1.807, 2.05) is 50.2 Å². The first-order chi connectivity index (χ1) is 11.0. The number of hydrogen-bond acceptors (Lipinski definition) is 3. The van der Waals surface area contributed by atoms with Gasteiger partial charge in [0, 0.05) is 21.5 Å². The molecule has 5 heteroatoms. The largest absolute Gasteiger partial charge is 0.462 e. The fourth-order valence-corrected chi connectivity index (χ4v) is 2.69. The molecule has 1 heterocycles. The highest BCUT2D eigenvalue weighted by molar-refractivity contribution is 9.10. The summed E-state index contributed by atoms with van der Waals surface area (Å²) in [7, 11) is 0. The molecule has 0 atom stereocenters. The van der Waals surface area contributed by atoms with Gasteiger partial charge in [-0.2, -0.15) is 5.26 Å².